The standard InChI is InChI=1S/C25H35NO5.ClH/c1-6-26(19(2)17-20-9-12-22(28-3)13-10-20)15-7-8-16-31-25(27)21-11-14-23(29-4)24(18-21)30-5;/h9-14,18-19H,6-8,15-17H2,1-5H3;1H. The molecule has 0 saturated heterocycles. The summed E-state index contributed by atoms with van der Waals surface area (Å²) in [6, 6.07) is 13.7. The van der Waals surface area contributed by atoms with E-state index in [0.29, 0.717) is 29.7 Å². The van der Waals surface area contributed by atoms with Gasteiger partial charge < -0.3 is 23.8 Å². The van der Waals surface area contributed by atoms with Gasteiger partial charge in [0.2, 0.25) is 0 Å². The van der Waals surface area contributed by atoms with Crippen LogP contribution in [0.2, 0.25) is 0 Å². The number of benzene rings is 2. The number of likely N-dealkylation sites (N-methyl/N-ethyl adjacent to an activating group) is 1. The van der Waals surface area contributed by atoms with Crippen molar-refractivity contribution < 1.29 is 23.7 Å². The van der Waals surface area contributed by atoms with Crippen molar-refractivity contribution in [2.45, 2.75) is 39.2 Å². The fraction of sp³-hybridized carbons (Fsp3) is 0.480. The number of unbranched alkanes of at least 4 members (excludes halogenated alkanes) is 1. The molecule has 0 saturated carbocycles. The Morgan fingerprint density at radius 2 is 1.62 bits per heavy atom. The summed E-state index contributed by atoms with van der Waals surface area (Å²) in [5.74, 6) is 1.64. The second-order valence-electron chi connectivity index (χ2n) is 7.44. The molecule has 0 spiro atoms. The fourth-order valence-electron chi connectivity index (χ4n) is 3.55. The molecule has 0 heterocycles. The summed E-state index contributed by atoms with van der Waals surface area (Å²) < 4.78 is 21.1. The summed E-state index contributed by atoms with van der Waals surface area (Å²) in [4.78, 5) is 14.7. The second-order valence-corrected chi connectivity index (χ2v) is 7.44. The number of halogens is 1. The largest absolute Gasteiger partial charge is 0.497 e. The van der Waals surface area contributed by atoms with Crippen LogP contribution in [0.4, 0.5) is 0 Å². The lowest BCUT2D eigenvalue weighted by Crippen LogP contribution is -2.35. The van der Waals surface area contributed by atoms with Crippen molar-refractivity contribution in [2.75, 3.05) is 41.0 Å². The maximum absolute atomic E-state index is 12.3. The predicted octanol–water partition coefficient (Wildman–Crippen LogP) is 5.02. The van der Waals surface area contributed by atoms with Gasteiger partial charge in [0.05, 0.1) is 33.5 Å². The third-order valence-electron chi connectivity index (χ3n) is 5.41. The lowest BCUT2D eigenvalue weighted by molar-refractivity contribution is 0.0493. The molecule has 32 heavy (non-hydrogen) atoms. The fourth-order valence-corrected chi connectivity index (χ4v) is 3.55. The van der Waals surface area contributed by atoms with Crippen LogP contribution in [0.5, 0.6) is 17.2 Å². The first-order valence-electron chi connectivity index (χ1n) is 10.8. The van der Waals surface area contributed by atoms with Gasteiger partial charge in [0.1, 0.15) is 5.75 Å². The summed E-state index contributed by atoms with van der Waals surface area (Å²) >= 11 is 0. The van der Waals surface area contributed by atoms with E-state index in [1.165, 1.54) is 5.56 Å². The highest BCUT2D eigenvalue weighted by molar-refractivity contribution is 5.90. The van der Waals surface area contributed by atoms with Crippen LogP contribution in [0.1, 0.15) is 42.6 Å². The first-order valence-corrected chi connectivity index (χ1v) is 10.8. The van der Waals surface area contributed by atoms with Crippen LogP contribution < -0.4 is 14.2 Å². The van der Waals surface area contributed by atoms with Crippen molar-refractivity contribution in [3.8, 4) is 17.2 Å². The monoisotopic (exact) mass is 465 g/mol. The number of nitrogens with zero attached hydrogens (tertiary/aromatic N) is 1. The van der Waals surface area contributed by atoms with Crippen molar-refractivity contribution in [1.29, 1.82) is 0 Å². The van der Waals surface area contributed by atoms with E-state index < -0.39 is 0 Å². The summed E-state index contributed by atoms with van der Waals surface area (Å²) in [5.41, 5.74) is 1.76. The zero-order chi connectivity index (χ0) is 22.6. The molecule has 0 aliphatic heterocycles. The molecule has 1 atom stereocenters. The van der Waals surface area contributed by atoms with E-state index in [1.807, 2.05) is 12.1 Å². The highest BCUT2D eigenvalue weighted by Gasteiger charge is 2.14. The molecule has 1 unspecified atom stereocenters. The Morgan fingerprint density at radius 1 is 0.938 bits per heavy atom. The van der Waals surface area contributed by atoms with E-state index >= 15 is 0 Å². The molecular formula is C25H36ClNO5. The Morgan fingerprint density at radius 3 is 2.22 bits per heavy atom. The van der Waals surface area contributed by atoms with E-state index in [9.17, 15) is 4.79 Å². The van der Waals surface area contributed by atoms with Gasteiger partial charge in [0, 0.05) is 6.04 Å². The normalized spacial score (nSPS) is 11.4. The number of rotatable bonds is 13. The van der Waals surface area contributed by atoms with Crippen LogP contribution in [0.25, 0.3) is 0 Å². The molecule has 0 N–H and O–H groups in total. The quantitative estimate of drug-likeness (QED) is 0.305. The SMILES string of the molecule is CCN(CCCCOC(=O)c1ccc(OC)c(OC)c1)C(C)Cc1ccc(OC)cc1.Cl. The minimum atomic E-state index is -0.346. The van der Waals surface area contributed by atoms with E-state index in [4.69, 9.17) is 18.9 Å². The molecule has 2 rings (SSSR count). The molecule has 0 fully saturated rings. The number of carbonyl (C=O) groups is 1. The molecule has 0 aliphatic rings. The lowest BCUT2D eigenvalue weighted by Gasteiger charge is -2.28. The Balaban J connectivity index is 0.00000512. The molecule has 7 heteroatoms. The van der Waals surface area contributed by atoms with E-state index in [2.05, 4.69) is 30.9 Å². The molecule has 6 nitrogen and oxygen atoms in total. The molecule has 2 aromatic rings. The number of carbonyl (C=O) groups excluding carboxylic acids is 1. The van der Waals surface area contributed by atoms with Crippen LogP contribution >= 0.6 is 12.4 Å². The number of ether oxygens (including phenoxy) is 4. The highest BCUT2D eigenvalue weighted by atomic mass is 35.5. The van der Waals surface area contributed by atoms with Gasteiger partial charge in [0.25, 0.3) is 0 Å². The summed E-state index contributed by atoms with van der Waals surface area (Å²) in [6.45, 7) is 6.80. The molecule has 0 amide bonds. The van der Waals surface area contributed by atoms with Gasteiger partial charge in [-0.05, 0) is 75.2 Å². The molecule has 0 radical (unpaired) electrons. The highest BCUT2D eigenvalue weighted by Crippen LogP contribution is 2.27. The van der Waals surface area contributed by atoms with Crippen molar-refractivity contribution >= 4 is 18.4 Å². The maximum Gasteiger partial charge on any atom is 0.338 e. The summed E-state index contributed by atoms with van der Waals surface area (Å²) in [5, 5.41) is 0. The summed E-state index contributed by atoms with van der Waals surface area (Å²) in [7, 11) is 4.79. The van der Waals surface area contributed by atoms with Crippen LogP contribution in [0.15, 0.2) is 42.5 Å². The Kier molecular flexibility index (Phi) is 12.6. The topological polar surface area (TPSA) is 57.2 Å². The smallest absolute Gasteiger partial charge is 0.338 e. The Bertz CT molecular complexity index is 812. The number of hydrogen-bond donors (Lipinski definition) is 0. The Hall–Kier alpha value is -2.44. The predicted molar refractivity (Wildman–Crippen MR) is 130 cm³/mol. The lowest BCUT2D eigenvalue weighted by atomic mass is 10.1. The van der Waals surface area contributed by atoms with Crippen LogP contribution in [0, 0.1) is 0 Å². The maximum atomic E-state index is 12.3. The van der Waals surface area contributed by atoms with Gasteiger partial charge >= 0.3 is 5.97 Å². The van der Waals surface area contributed by atoms with Crippen LogP contribution in [0.3, 0.4) is 0 Å². The zero-order valence-electron chi connectivity index (χ0n) is 19.8. The Labute approximate surface area is 198 Å². The molecule has 2 aromatic carbocycles. The van der Waals surface area contributed by atoms with Crippen molar-refractivity contribution in [1.82, 2.24) is 4.90 Å². The number of esters is 1. The van der Waals surface area contributed by atoms with Crippen molar-refractivity contribution in [3.05, 3.63) is 53.6 Å². The molecular weight excluding hydrogens is 430 g/mol. The van der Waals surface area contributed by atoms with Crippen molar-refractivity contribution in [2.24, 2.45) is 0 Å². The van der Waals surface area contributed by atoms with E-state index in [1.54, 1.807) is 39.5 Å². The van der Waals surface area contributed by atoms with Gasteiger partial charge in [0.15, 0.2) is 11.5 Å². The molecule has 0 aliphatic carbocycles. The number of methoxy groups -OCH3 is 3. The van der Waals surface area contributed by atoms with Gasteiger partial charge in [-0.1, -0.05) is 19.1 Å². The minimum absolute atomic E-state index is 0. The summed E-state index contributed by atoms with van der Waals surface area (Å²) in [6.07, 6.45) is 2.79. The van der Waals surface area contributed by atoms with Gasteiger partial charge in [-0.15, -0.1) is 12.4 Å². The second kappa shape index (κ2) is 14.6. The molecule has 0 aromatic heterocycles. The molecule has 178 valence electrons. The van der Waals surface area contributed by atoms with Gasteiger partial charge in [-0.25, -0.2) is 4.79 Å². The first-order chi connectivity index (χ1) is 15.0. The van der Waals surface area contributed by atoms with Crippen LogP contribution in [-0.2, 0) is 11.2 Å². The average Bonchev–Trinajstić information content (AvgIpc) is 2.81. The third kappa shape index (κ3) is 8.24. The van der Waals surface area contributed by atoms with E-state index in [0.717, 1.165) is 38.1 Å². The van der Waals surface area contributed by atoms with Gasteiger partial charge in [-0.3, -0.25) is 0 Å². The zero-order valence-corrected chi connectivity index (χ0v) is 20.6. The van der Waals surface area contributed by atoms with Crippen LogP contribution in [-0.4, -0.2) is 57.9 Å². The van der Waals surface area contributed by atoms with Crippen molar-refractivity contribution in [3.63, 3.8) is 0 Å². The van der Waals surface area contributed by atoms with E-state index in [-0.39, 0.29) is 18.4 Å². The molecule has 0 bridgehead atoms. The first kappa shape index (κ1) is 27.6. The number of hydrogen-bond acceptors (Lipinski definition) is 6. The minimum Gasteiger partial charge on any atom is -0.497 e. The third-order valence-corrected chi connectivity index (χ3v) is 5.41. The van der Waals surface area contributed by atoms with Gasteiger partial charge in [-0.2, -0.15) is 0 Å². The average molecular weight is 466 g/mol.